The van der Waals surface area contributed by atoms with Gasteiger partial charge in [0.05, 0.1) is 13.2 Å². The Balaban J connectivity index is 1.60. The molecule has 0 saturated carbocycles. The molecule has 4 nitrogen and oxygen atoms in total. The normalized spacial score (nSPS) is 13.3. The van der Waals surface area contributed by atoms with Gasteiger partial charge in [0.2, 0.25) is 0 Å². The highest BCUT2D eigenvalue weighted by Gasteiger charge is 2.14. The molecule has 1 aliphatic heterocycles. The number of rotatable bonds is 4. The van der Waals surface area contributed by atoms with E-state index in [9.17, 15) is 9.18 Å². The Labute approximate surface area is 134 Å². The number of carbonyl (C=O) groups is 1. The minimum absolute atomic E-state index is 0.211. The molecule has 0 saturated heterocycles. The van der Waals surface area contributed by atoms with Crippen molar-refractivity contribution in [3.8, 4) is 11.5 Å². The Hall–Kier alpha value is -2.56. The summed E-state index contributed by atoms with van der Waals surface area (Å²) in [6.07, 6.45) is 1.27. The van der Waals surface area contributed by atoms with E-state index in [0.29, 0.717) is 48.8 Å². The molecule has 1 heterocycles. The van der Waals surface area contributed by atoms with E-state index >= 15 is 0 Å². The van der Waals surface area contributed by atoms with Crippen LogP contribution in [0.1, 0.15) is 22.3 Å². The number of carbonyl (C=O) groups excluding carboxylic acids is 1. The van der Waals surface area contributed by atoms with Crippen LogP contribution in [-0.4, -0.2) is 25.7 Å². The third kappa shape index (κ3) is 3.80. The Morgan fingerprint density at radius 2 is 1.87 bits per heavy atom. The average molecular weight is 315 g/mol. The zero-order valence-corrected chi connectivity index (χ0v) is 12.7. The van der Waals surface area contributed by atoms with Crippen LogP contribution in [-0.2, 0) is 6.42 Å². The second-order valence-electron chi connectivity index (χ2n) is 5.31. The lowest BCUT2D eigenvalue weighted by Crippen LogP contribution is -2.25. The van der Waals surface area contributed by atoms with Crippen molar-refractivity contribution in [2.45, 2.75) is 12.8 Å². The highest BCUT2D eigenvalue weighted by Crippen LogP contribution is 2.30. The first-order valence-electron chi connectivity index (χ1n) is 7.65. The van der Waals surface area contributed by atoms with E-state index in [2.05, 4.69) is 5.32 Å². The summed E-state index contributed by atoms with van der Waals surface area (Å²) in [5, 5.41) is 2.80. The van der Waals surface area contributed by atoms with Gasteiger partial charge in [0.25, 0.3) is 5.91 Å². The lowest BCUT2D eigenvalue weighted by molar-refractivity contribution is 0.0953. The van der Waals surface area contributed by atoms with Gasteiger partial charge in [-0.2, -0.15) is 0 Å². The highest BCUT2D eigenvalue weighted by atomic mass is 19.1. The third-order valence-corrected chi connectivity index (χ3v) is 3.65. The summed E-state index contributed by atoms with van der Waals surface area (Å²) in [5.74, 6) is 0.781. The fraction of sp³-hybridized carbons (Fsp3) is 0.278. The molecule has 1 aliphatic rings. The summed E-state index contributed by atoms with van der Waals surface area (Å²) in [7, 11) is 0. The number of hydrogen-bond donors (Lipinski definition) is 1. The fourth-order valence-corrected chi connectivity index (χ4v) is 2.42. The predicted molar refractivity (Wildman–Crippen MR) is 84.5 cm³/mol. The maximum absolute atomic E-state index is 13.5. The van der Waals surface area contributed by atoms with E-state index in [1.54, 1.807) is 36.4 Å². The van der Waals surface area contributed by atoms with Crippen molar-refractivity contribution in [2.24, 2.45) is 0 Å². The molecule has 0 spiro atoms. The van der Waals surface area contributed by atoms with Gasteiger partial charge >= 0.3 is 0 Å². The molecule has 0 fully saturated rings. The molecule has 2 aromatic carbocycles. The fourth-order valence-electron chi connectivity index (χ4n) is 2.42. The molecule has 2 aromatic rings. The van der Waals surface area contributed by atoms with E-state index in [1.807, 2.05) is 0 Å². The standard InChI is InChI=1S/C18H18FNO3/c19-15-5-2-1-4-13(15)8-9-20-18(21)14-6-7-16-17(12-14)23-11-3-10-22-16/h1-2,4-7,12H,3,8-11H2,(H,20,21). The maximum atomic E-state index is 13.5. The predicted octanol–water partition coefficient (Wildman–Crippen LogP) is 2.96. The zero-order valence-electron chi connectivity index (χ0n) is 12.7. The Bertz CT molecular complexity index is 702. The smallest absolute Gasteiger partial charge is 0.251 e. The molecule has 23 heavy (non-hydrogen) atoms. The van der Waals surface area contributed by atoms with Crippen molar-refractivity contribution >= 4 is 5.91 Å². The van der Waals surface area contributed by atoms with Gasteiger partial charge in [-0.25, -0.2) is 4.39 Å². The molecule has 5 heteroatoms. The van der Waals surface area contributed by atoms with Gasteiger partial charge in [-0.3, -0.25) is 4.79 Å². The number of hydrogen-bond acceptors (Lipinski definition) is 3. The van der Waals surface area contributed by atoms with Crippen LogP contribution in [0.4, 0.5) is 4.39 Å². The number of benzene rings is 2. The number of amides is 1. The van der Waals surface area contributed by atoms with E-state index in [-0.39, 0.29) is 11.7 Å². The van der Waals surface area contributed by atoms with E-state index in [4.69, 9.17) is 9.47 Å². The first kappa shape index (κ1) is 15.3. The summed E-state index contributed by atoms with van der Waals surface area (Å²) in [6.45, 7) is 1.56. The molecule has 1 amide bonds. The number of nitrogens with one attached hydrogen (secondary N) is 1. The monoisotopic (exact) mass is 315 g/mol. The number of ether oxygens (including phenoxy) is 2. The Morgan fingerprint density at radius 1 is 1.09 bits per heavy atom. The van der Waals surface area contributed by atoms with Crippen LogP contribution in [0.2, 0.25) is 0 Å². The molecule has 3 rings (SSSR count). The van der Waals surface area contributed by atoms with Crippen LogP contribution in [0.5, 0.6) is 11.5 Å². The molecule has 1 N–H and O–H groups in total. The zero-order chi connectivity index (χ0) is 16.1. The first-order chi connectivity index (χ1) is 11.2. The van der Waals surface area contributed by atoms with Crippen LogP contribution in [0.15, 0.2) is 42.5 Å². The SMILES string of the molecule is O=C(NCCc1ccccc1F)c1ccc2c(c1)OCCCO2. The molecular weight excluding hydrogens is 297 g/mol. The van der Waals surface area contributed by atoms with Crippen LogP contribution < -0.4 is 14.8 Å². The summed E-state index contributed by atoms with van der Waals surface area (Å²) in [5.41, 5.74) is 1.09. The summed E-state index contributed by atoms with van der Waals surface area (Å²) < 4.78 is 24.6. The minimum atomic E-state index is -0.252. The van der Waals surface area contributed by atoms with Crippen molar-refractivity contribution in [2.75, 3.05) is 19.8 Å². The number of fused-ring (bicyclic) bond motifs is 1. The van der Waals surface area contributed by atoms with Crippen LogP contribution in [0.25, 0.3) is 0 Å². The van der Waals surface area contributed by atoms with Crippen molar-refractivity contribution in [3.05, 3.63) is 59.4 Å². The third-order valence-electron chi connectivity index (χ3n) is 3.65. The second kappa shape index (κ2) is 7.13. The minimum Gasteiger partial charge on any atom is -0.490 e. The molecule has 0 aliphatic carbocycles. The highest BCUT2D eigenvalue weighted by molar-refractivity contribution is 5.94. The quantitative estimate of drug-likeness (QED) is 0.943. The van der Waals surface area contributed by atoms with E-state index < -0.39 is 0 Å². The summed E-state index contributed by atoms with van der Waals surface area (Å²) in [4.78, 5) is 12.2. The average Bonchev–Trinajstić information content (AvgIpc) is 2.81. The lowest BCUT2D eigenvalue weighted by Gasteiger charge is -2.10. The van der Waals surface area contributed by atoms with Gasteiger partial charge in [0.1, 0.15) is 5.82 Å². The van der Waals surface area contributed by atoms with Gasteiger partial charge < -0.3 is 14.8 Å². The first-order valence-corrected chi connectivity index (χ1v) is 7.65. The maximum Gasteiger partial charge on any atom is 0.251 e. The molecule has 0 bridgehead atoms. The van der Waals surface area contributed by atoms with Crippen LogP contribution in [0.3, 0.4) is 0 Å². The summed E-state index contributed by atoms with van der Waals surface area (Å²) >= 11 is 0. The number of halogens is 1. The van der Waals surface area contributed by atoms with Gasteiger partial charge in [0.15, 0.2) is 11.5 Å². The van der Waals surface area contributed by atoms with Gasteiger partial charge in [-0.15, -0.1) is 0 Å². The second-order valence-corrected chi connectivity index (χ2v) is 5.31. The lowest BCUT2D eigenvalue weighted by atomic mass is 10.1. The van der Waals surface area contributed by atoms with E-state index in [1.165, 1.54) is 6.07 Å². The van der Waals surface area contributed by atoms with Crippen molar-refractivity contribution in [1.82, 2.24) is 5.32 Å². The van der Waals surface area contributed by atoms with E-state index in [0.717, 1.165) is 6.42 Å². The molecule has 120 valence electrons. The van der Waals surface area contributed by atoms with Gasteiger partial charge in [0, 0.05) is 18.5 Å². The largest absolute Gasteiger partial charge is 0.490 e. The molecule has 0 aromatic heterocycles. The van der Waals surface area contributed by atoms with Crippen LogP contribution >= 0.6 is 0 Å². The molecule has 0 atom stereocenters. The summed E-state index contributed by atoms with van der Waals surface area (Å²) in [6, 6.07) is 11.7. The topological polar surface area (TPSA) is 47.6 Å². The van der Waals surface area contributed by atoms with Crippen molar-refractivity contribution in [3.63, 3.8) is 0 Å². The molecule has 0 radical (unpaired) electrons. The van der Waals surface area contributed by atoms with Gasteiger partial charge in [-0.05, 0) is 36.2 Å². The molecule has 0 unspecified atom stereocenters. The van der Waals surface area contributed by atoms with Crippen molar-refractivity contribution in [1.29, 1.82) is 0 Å². The van der Waals surface area contributed by atoms with Crippen molar-refractivity contribution < 1.29 is 18.7 Å². The van der Waals surface area contributed by atoms with Crippen LogP contribution in [0, 0.1) is 5.82 Å². The Kier molecular flexibility index (Phi) is 4.76. The Morgan fingerprint density at radius 3 is 2.70 bits per heavy atom. The molecular formula is C18H18FNO3. The van der Waals surface area contributed by atoms with Gasteiger partial charge in [-0.1, -0.05) is 18.2 Å².